The second-order valence-corrected chi connectivity index (χ2v) is 8.07. The van der Waals surface area contributed by atoms with E-state index in [4.69, 9.17) is 9.47 Å². The van der Waals surface area contributed by atoms with Gasteiger partial charge in [0.2, 0.25) is 5.91 Å². The molecule has 2 atom stereocenters. The standard InChI is InChI=1S/C23H25N5O5/c1-13(2)14-5-7-15(8-6-14)24-19(29)12-27-21-20(25-26-27)22(30)28(23(21)31)16-9-10-17(32-3)18(11-16)33-4/h5-11,13,20-21H,12H2,1-4H3,(H,24,29)/t20-,21-/m1/s1. The number of hydrogen-bond acceptors (Lipinski definition) is 8. The zero-order chi connectivity index (χ0) is 23.7. The molecule has 0 unspecified atom stereocenters. The van der Waals surface area contributed by atoms with Crippen molar-refractivity contribution in [2.45, 2.75) is 31.8 Å². The number of hydrogen-bond donors (Lipinski definition) is 1. The van der Waals surface area contributed by atoms with Crippen LogP contribution < -0.4 is 19.7 Å². The maximum absolute atomic E-state index is 13.1. The van der Waals surface area contributed by atoms with Crippen LogP contribution in [0.1, 0.15) is 25.3 Å². The molecule has 0 bridgehead atoms. The largest absolute Gasteiger partial charge is 0.493 e. The lowest BCUT2D eigenvalue weighted by molar-refractivity contribution is -0.123. The molecule has 1 fully saturated rings. The van der Waals surface area contributed by atoms with Crippen LogP contribution in [0, 0.1) is 0 Å². The monoisotopic (exact) mass is 451 g/mol. The third-order valence-corrected chi connectivity index (χ3v) is 5.65. The summed E-state index contributed by atoms with van der Waals surface area (Å²) in [6.45, 7) is 3.97. The zero-order valence-electron chi connectivity index (χ0n) is 18.8. The van der Waals surface area contributed by atoms with Gasteiger partial charge in [0.15, 0.2) is 23.6 Å². The number of methoxy groups -OCH3 is 2. The van der Waals surface area contributed by atoms with Gasteiger partial charge in [-0.05, 0) is 35.7 Å². The van der Waals surface area contributed by atoms with Crippen molar-refractivity contribution in [2.75, 3.05) is 31.0 Å². The Hall–Kier alpha value is -3.95. The van der Waals surface area contributed by atoms with Crippen molar-refractivity contribution in [3.63, 3.8) is 0 Å². The molecule has 0 aliphatic carbocycles. The van der Waals surface area contributed by atoms with E-state index in [1.54, 1.807) is 18.2 Å². The second kappa shape index (κ2) is 8.89. The van der Waals surface area contributed by atoms with E-state index in [1.165, 1.54) is 19.2 Å². The summed E-state index contributed by atoms with van der Waals surface area (Å²) >= 11 is 0. The predicted molar refractivity (Wildman–Crippen MR) is 120 cm³/mol. The normalized spacial score (nSPS) is 19.3. The highest BCUT2D eigenvalue weighted by Gasteiger charge is 2.55. The SMILES string of the molecule is COc1ccc(N2C(=O)[C@@H]3N=NN(CC(=O)Nc4ccc(C(C)C)cc4)[C@H]3C2=O)cc1OC. The van der Waals surface area contributed by atoms with E-state index < -0.39 is 23.9 Å². The molecule has 1 saturated heterocycles. The number of fused-ring (bicyclic) bond motifs is 1. The quantitative estimate of drug-likeness (QED) is 0.648. The van der Waals surface area contributed by atoms with E-state index in [0.29, 0.717) is 28.8 Å². The maximum Gasteiger partial charge on any atom is 0.263 e. The van der Waals surface area contributed by atoms with Crippen molar-refractivity contribution >= 4 is 29.1 Å². The van der Waals surface area contributed by atoms with Crippen molar-refractivity contribution < 1.29 is 23.9 Å². The summed E-state index contributed by atoms with van der Waals surface area (Å²) in [5, 5.41) is 11.9. The minimum atomic E-state index is -0.997. The highest BCUT2D eigenvalue weighted by molar-refractivity contribution is 6.25. The Labute approximate surface area is 191 Å². The van der Waals surface area contributed by atoms with Crippen LogP contribution in [-0.4, -0.2) is 55.6 Å². The summed E-state index contributed by atoms with van der Waals surface area (Å²) in [5.41, 5.74) is 2.13. The van der Waals surface area contributed by atoms with Crippen LogP contribution in [0.5, 0.6) is 11.5 Å². The first kappa shape index (κ1) is 22.3. The molecule has 2 aliphatic rings. The summed E-state index contributed by atoms with van der Waals surface area (Å²) in [6, 6.07) is 10.3. The van der Waals surface area contributed by atoms with Gasteiger partial charge in [0, 0.05) is 11.8 Å². The van der Waals surface area contributed by atoms with E-state index in [2.05, 4.69) is 29.5 Å². The smallest absolute Gasteiger partial charge is 0.263 e. The number of nitrogens with one attached hydrogen (secondary N) is 1. The summed E-state index contributed by atoms with van der Waals surface area (Å²) < 4.78 is 10.5. The fourth-order valence-corrected chi connectivity index (χ4v) is 3.87. The molecule has 2 heterocycles. The van der Waals surface area contributed by atoms with Crippen molar-refractivity contribution in [3.8, 4) is 11.5 Å². The van der Waals surface area contributed by atoms with Crippen molar-refractivity contribution in [1.29, 1.82) is 0 Å². The minimum absolute atomic E-state index is 0.213. The van der Waals surface area contributed by atoms with Crippen LogP contribution in [0.3, 0.4) is 0 Å². The van der Waals surface area contributed by atoms with Gasteiger partial charge in [-0.3, -0.25) is 19.4 Å². The molecule has 172 valence electrons. The van der Waals surface area contributed by atoms with Gasteiger partial charge in [0.25, 0.3) is 11.8 Å². The third kappa shape index (κ3) is 4.11. The Morgan fingerprint density at radius 2 is 1.73 bits per heavy atom. The number of ether oxygens (including phenoxy) is 2. The van der Waals surface area contributed by atoms with Gasteiger partial charge in [-0.2, -0.15) is 5.11 Å². The molecule has 0 spiro atoms. The van der Waals surface area contributed by atoms with Crippen LogP contribution in [-0.2, 0) is 14.4 Å². The topological polar surface area (TPSA) is 113 Å². The van der Waals surface area contributed by atoms with Crippen LogP contribution in [0.4, 0.5) is 11.4 Å². The predicted octanol–water partition coefficient (Wildman–Crippen LogP) is 2.76. The first-order valence-electron chi connectivity index (χ1n) is 10.5. The van der Waals surface area contributed by atoms with E-state index in [0.717, 1.165) is 10.5 Å². The maximum atomic E-state index is 13.1. The van der Waals surface area contributed by atoms with Crippen molar-refractivity contribution in [2.24, 2.45) is 10.3 Å². The van der Waals surface area contributed by atoms with Crippen LogP contribution in [0.2, 0.25) is 0 Å². The molecule has 10 nitrogen and oxygen atoms in total. The van der Waals surface area contributed by atoms with E-state index in [1.807, 2.05) is 24.3 Å². The molecule has 2 aromatic carbocycles. The van der Waals surface area contributed by atoms with Gasteiger partial charge in [-0.1, -0.05) is 31.2 Å². The zero-order valence-corrected chi connectivity index (χ0v) is 18.8. The molecule has 3 amide bonds. The number of imide groups is 1. The number of carbonyl (C=O) groups excluding carboxylic acids is 3. The lowest BCUT2D eigenvalue weighted by atomic mass is 10.0. The van der Waals surface area contributed by atoms with E-state index >= 15 is 0 Å². The highest BCUT2D eigenvalue weighted by Crippen LogP contribution is 2.36. The van der Waals surface area contributed by atoms with Gasteiger partial charge < -0.3 is 14.8 Å². The molecule has 0 radical (unpaired) electrons. The number of anilines is 2. The molecule has 1 N–H and O–H groups in total. The Morgan fingerprint density at radius 1 is 1.03 bits per heavy atom. The number of carbonyl (C=O) groups is 3. The van der Waals surface area contributed by atoms with E-state index in [9.17, 15) is 14.4 Å². The van der Waals surface area contributed by atoms with Crippen molar-refractivity contribution in [3.05, 3.63) is 48.0 Å². The first-order chi connectivity index (χ1) is 15.8. The molecule has 2 aromatic rings. The second-order valence-electron chi connectivity index (χ2n) is 8.07. The van der Waals surface area contributed by atoms with Crippen molar-refractivity contribution in [1.82, 2.24) is 5.01 Å². The third-order valence-electron chi connectivity index (χ3n) is 5.65. The molecular formula is C23H25N5O5. The summed E-state index contributed by atoms with van der Waals surface area (Å²) in [4.78, 5) is 39.7. The van der Waals surface area contributed by atoms with Gasteiger partial charge in [-0.15, -0.1) is 0 Å². The molecule has 2 aliphatic heterocycles. The van der Waals surface area contributed by atoms with Gasteiger partial charge in [0.05, 0.1) is 19.9 Å². The molecule has 4 rings (SSSR count). The van der Waals surface area contributed by atoms with Gasteiger partial charge in [-0.25, -0.2) is 4.90 Å². The lowest BCUT2D eigenvalue weighted by Crippen LogP contribution is -2.43. The fraction of sp³-hybridized carbons (Fsp3) is 0.348. The first-order valence-corrected chi connectivity index (χ1v) is 10.5. The summed E-state index contributed by atoms with van der Waals surface area (Å²) in [7, 11) is 2.96. The van der Waals surface area contributed by atoms with Crippen LogP contribution in [0.25, 0.3) is 0 Å². The summed E-state index contributed by atoms with van der Waals surface area (Å²) in [5.74, 6) is -0.133. The molecule has 33 heavy (non-hydrogen) atoms. The Balaban J connectivity index is 1.47. The van der Waals surface area contributed by atoms with Crippen LogP contribution >= 0.6 is 0 Å². The minimum Gasteiger partial charge on any atom is -0.493 e. The number of amides is 3. The molecule has 0 aromatic heterocycles. The average Bonchev–Trinajstić information content (AvgIpc) is 3.32. The molecule has 10 heteroatoms. The Morgan fingerprint density at radius 3 is 2.36 bits per heavy atom. The number of benzene rings is 2. The van der Waals surface area contributed by atoms with E-state index in [-0.39, 0.29) is 12.5 Å². The molecular weight excluding hydrogens is 426 g/mol. The summed E-state index contributed by atoms with van der Waals surface area (Å²) in [6.07, 6.45) is 0. The molecule has 0 saturated carbocycles. The van der Waals surface area contributed by atoms with Crippen LogP contribution in [0.15, 0.2) is 52.8 Å². The Kier molecular flexibility index (Phi) is 5.99. The average molecular weight is 451 g/mol. The highest BCUT2D eigenvalue weighted by atomic mass is 16.5. The lowest BCUT2D eigenvalue weighted by Gasteiger charge is -2.20. The fourth-order valence-electron chi connectivity index (χ4n) is 3.87. The number of nitrogens with zero attached hydrogens (tertiary/aromatic N) is 4. The van der Waals surface area contributed by atoms with Gasteiger partial charge >= 0.3 is 0 Å². The van der Waals surface area contributed by atoms with Gasteiger partial charge in [0.1, 0.15) is 6.54 Å². The Bertz CT molecular complexity index is 1110. The number of rotatable bonds is 7.